The molecule has 8 heteroatoms. The van der Waals surface area contributed by atoms with Crippen LogP contribution in [0.2, 0.25) is 0 Å². The van der Waals surface area contributed by atoms with Gasteiger partial charge in [0.25, 0.3) is 0 Å². The molecule has 0 radical (unpaired) electrons. The van der Waals surface area contributed by atoms with Gasteiger partial charge in [-0.2, -0.15) is 0 Å². The van der Waals surface area contributed by atoms with E-state index >= 15 is 0 Å². The Morgan fingerprint density at radius 1 is 1.26 bits per heavy atom. The number of rotatable bonds is 7. The van der Waals surface area contributed by atoms with Crippen LogP contribution in [0.25, 0.3) is 0 Å². The highest BCUT2D eigenvalue weighted by Crippen LogP contribution is 2.62. The zero-order valence-electron chi connectivity index (χ0n) is 21.4. The number of nitrogens with one attached hydrogen (secondary N) is 1. The second-order valence-corrected chi connectivity index (χ2v) is 12.5. The lowest BCUT2D eigenvalue weighted by atomic mass is 9.47. The smallest absolute Gasteiger partial charge is 0.229 e. The fourth-order valence-electron chi connectivity index (χ4n) is 6.90. The molecule has 4 rings (SSSR count). The van der Waals surface area contributed by atoms with Gasteiger partial charge in [-0.1, -0.05) is 39.2 Å². The first-order valence-electron chi connectivity index (χ1n) is 13.1. The third-order valence-electron chi connectivity index (χ3n) is 9.31. The van der Waals surface area contributed by atoms with Crippen molar-refractivity contribution in [3.63, 3.8) is 0 Å². The Morgan fingerprint density at radius 2 is 1.97 bits per heavy atom. The number of anilines is 1. The minimum absolute atomic E-state index is 0.00102. The second-order valence-electron chi connectivity index (χ2n) is 11.5. The highest BCUT2D eigenvalue weighted by molar-refractivity contribution is 7.15. The van der Waals surface area contributed by atoms with E-state index in [0.29, 0.717) is 30.9 Å². The molecule has 1 heterocycles. The third kappa shape index (κ3) is 4.81. The minimum Gasteiger partial charge on any atom is -0.396 e. The number of amides is 2. The zero-order valence-corrected chi connectivity index (χ0v) is 22.2. The standard InChI is InChI=1S/C27H41N3O4S/c1-5-13-30(4)22(33)14-18-23-19(15-20-26(18,2)12-11-21(32)27(20,3)16-31)35-25(28-23)29-24(34)17-9-7-6-8-10-17/h5,17-18,20-21,31-32H,1,6-16H2,2-4H3,(H,28,29,34). The number of aromatic nitrogens is 1. The summed E-state index contributed by atoms with van der Waals surface area (Å²) in [6.07, 6.45) is 8.70. The van der Waals surface area contributed by atoms with Crippen molar-refractivity contribution in [3.05, 3.63) is 23.2 Å². The lowest BCUT2D eigenvalue weighted by molar-refractivity contribution is -0.146. The van der Waals surface area contributed by atoms with E-state index in [-0.39, 0.29) is 41.6 Å². The SMILES string of the molecule is C=CCN(C)C(=O)CC1c2nc(NC(=O)C3CCCCC3)sc2CC2C(C)(CO)C(O)CCC12C. The molecule has 3 aliphatic rings. The number of hydrogen-bond acceptors (Lipinski definition) is 6. The average Bonchev–Trinajstić information content (AvgIpc) is 3.25. The van der Waals surface area contributed by atoms with Crippen molar-refractivity contribution in [2.24, 2.45) is 22.7 Å². The van der Waals surface area contributed by atoms with Gasteiger partial charge in [0.15, 0.2) is 5.13 Å². The summed E-state index contributed by atoms with van der Waals surface area (Å²) in [5.41, 5.74) is -0.0496. The number of likely N-dealkylation sites (N-methyl/N-ethyl adjacent to an activating group) is 1. The van der Waals surface area contributed by atoms with Gasteiger partial charge in [-0.3, -0.25) is 9.59 Å². The summed E-state index contributed by atoms with van der Waals surface area (Å²) in [6, 6.07) is 0. The number of hydrogen-bond donors (Lipinski definition) is 3. The number of aliphatic hydroxyl groups excluding tert-OH is 2. The molecule has 0 bridgehead atoms. The summed E-state index contributed by atoms with van der Waals surface area (Å²) in [7, 11) is 1.78. The Labute approximate surface area is 213 Å². The van der Waals surface area contributed by atoms with E-state index in [2.05, 4.69) is 18.8 Å². The third-order valence-corrected chi connectivity index (χ3v) is 10.3. The summed E-state index contributed by atoms with van der Waals surface area (Å²) in [5.74, 6) is -0.0247. The van der Waals surface area contributed by atoms with Crippen LogP contribution in [-0.4, -0.2) is 58.2 Å². The van der Waals surface area contributed by atoms with E-state index in [9.17, 15) is 19.8 Å². The molecular weight excluding hydrogens is 462 g/mol. The number of aliphatic hydroxyl groups is 2. The number of fused-ring (bicyclic) bond motifs is 2. The molecule has 5 atom stereocenters. The van der Waals surface area contributed by atoms with Gasteiger partial charge in [-0.15, -0.1) is 17.9 Å². The van der Waals surface area contributed by atoms with Crippen LogP contribution < -0.4 is 5.32 Å². The van der Waals surface area contributed by atoms with Crippen LogP contribution >= 0.6 is 11.3 Å². The maximum atomic E-state index is 13.2. The van der Waals surface area contributed by atoms with Crippen LogP contribution in [0.5, 0.6) is 0 Å². The van der Waals surface area contributed by atoms with Crippen molar-refractivity contribution in [2.45, 2.75) is 83.7 Å². The number of thiazole rings is 1. The zero-order chi connectivity index (χ0) is 25.4. The van der Waals surface area contributed by atoms with Crippen molar-refractivity contribution in [3.8, 4) is 0 Å². The first-order valence-corrected chi connectivity index (χ1v) is 13.9. The van der Waals surface area contributed by atoms with Gasteiger partial charge in [-0.05, 0) is 43.4 Å². The maximum Gasteiger partial charge on any atom is 0.229 e. The second kappa shape index (κ2) is 10.3. The van der Waals surface area contributed by atoms with Crippen molar-refractivity contribution in [1.82, 2.24) is 9.88 Å². The van der Waals surface area contributed by atoms with Gasteiger partial charge in [0.05, 0.1) is 18.4 Å². The molecule has 2 amide bonds. The molecule has 1 aromatic heterocycles. The van der Waals surface area contributed by atoms with Crippen molar-refractivity contribution >= 4 is 28.3 Å². The summed E-state index contributed by atoms with van der Waals surface area (Å²) < 4.78 is 0. The number of carbonyl (C=O) groups excluding carboxylic acids is 2. The van der Waals surface area contributed by atoms with Gasteiger partial charge < -0.3 is 20.4 Å². The van der Waals surface area contributed by atoms with E-state index < -0.39 is 11.5 Å². The normalized spacial score (nSPS) is 32.9. The van der Waals surface area contributed by atoms with E-state index in [1.54, 1.807) is 18.0 Å². The molecule has 35 heavy (non-hydrogen) atoms. The van der Waals surface area contributed by atoms with Gasteiger partial charge in [-0.25, -0.2) is 4.98 Å². The molecule has 2 saturated carbocycles. The molecule has 5 unspecified atom stereocenters. The van der Waals surface area contributed by atoms with Crippen LogP contribution in [0.15, 0.2) is 12.7 Å². The Morgan fingerprint density at radius 3 is 2.63 bits per heavy atom. The van der Waals surface area contributed by atoms with E-state index in [0.717, 1.165) is 42.7 Å². The molecule has 3 N–H and O–H groups in total. The van der Waals surface area contributed by atoms with Gasteiger partial charge in [0.1, 0.15) is 0 Å². The van der Waals surface area contributed by atoms with Crippen molar-refractivity contribution in [2.75, 3.05) is 25.5 Å². The predicted molar refractivity (Wildman–Crippen MR) is 138 cm³/mol. The fraction of sp³-hybridized carbons (Fsp3) is 0.741. The monoisotopic (exact) mass is 503 g/mol. The molecule has 3 aliphatic carbocycles. The highest BCUT2D eigenvalue weighted by Gasteiger charge is 2.59. The molecular formula is C27H41N3O4S. The maximum absolute atomic E-state index is 13.2. The first-order chi connectivity index (χ1) is 16.6. The largest absolute Gasteiger partial charge is 0.396 e. The van der Waals surface area contributed by atoms with Crippen molar-refractivity contribution in [1.29, 1.82) is 0 Å². The van der Waals surface area contributed by atoms with Gasteiger partial charge in [0.2, 0.25) is 11.8 Å². The average molecular weight is 504 g/mol. The van der Waals surface area contributed by atoms with Crippen LogP contribution in [-0.2, 0) is 16.0 Å². The minimum atomic E-state index is -0.658. The summed E-state index contributed by atoms with van der Waals surface area (Å²) >= 11 is 1.50. The predicted octanol–water partition coefficient (Wildman–Crippen LogP) is 4.11. The Balaban J connectivity index is 1.68. The topological polar surface area (TPSA) is 103 Å². The number of nitrogens with zero attached hydrogens (tertiary/aromatic N) is 2. The molecule has 7 nitrogen and oxygen atoms in total. The Bertz CT molecular complexity index is 958. The van der Waals surface area contributed by atoms with E-state index in [1.807, 2.05) is 6.92 Å². The van der Waals surface area contributed by atoms with Crippen LogP contribution in [0.1, 0.15) is 81.7 Å². The summed E-state index contributed by atoms with van der Waals surface area (Å²) in [4.78, 5) is 33.8. The molecule has 194 valence electrons. The van der Waals surface area contributed by atoms with Gasteiger partial charge in [0, 0.05) is 42.1 Å². The Hall–Kier alpha value is -1.77. The highest BCUT2D eigenvalue weighted by atomic mass is 32.1. The lowest BCUT2D eigenvalue weighted by Crippen LogP contribution is -2.57. The summed E-state index contributed by atoms with van der Waals surface area (Å²) in [5, 5.41) is 25.0. The van der Waals surface area contributed by atoms with E-state index in [4.69, 9.17) is 4.98 Å². The van der Waals surface area contributed by atoms with Gasteiger partial charge >= 0.3 is 0 Å². The lowest BCUT2D eigenvalue weighted by Gasteiger charge is -2.58. The van der Waals surface area contributed by atoms with Crippen LogP contribution in [0.4, 0.5) is 5.13 Å². The van der Waals surface area contributed by atoms with Crippen LogP contribution in [0.3, 0.4) is 0 Å². The molecule has 0 spiro atoms. The molecule has 0 aliphatic heterocycles. The first kappa shape index (κ1) is 26.3. The fourth-order valence-corrected chi connectivity index (χ4v) is 7.97. The molecule has 0 aromatic carbocycles. The Kier molecular flexibility index (Phi) is 7.74. The molecule has 2 fully saturated rings. The molecule has 0 saturated heterocycles. The van der Waals surface area contributed by atoms with E-state index in [1.165, 1.54) is 17.8 Å². The quantitative estimate of drug-likeness (QED) is 0.486. The van der Waals surface area contributed by atoms with Crippen molar-refractivity contribution < 1.29 is 19.8 Å². The summed E-state index contributed by atoms with van der Waals surface area (Å²) in [6.45, 7) is 8.30. The van der Waals surface area contributed by atoms with Crippen LogP contribution in [0, 0.1) is 22.7 Å². The molecule has 1 aromatic rings. The number of carbonyl (C=O) groups is 2.